The minimum Gasteiger partial charge on any atom is -0.431 e. The number of rotatable bonds is 5. The van der Waals surface area contributed by atoms with E-state index in [1.165, 1.54) is 10.6 Å². The fourth-order valence-corrected chi connectivity index (χ4v) is 5.04. The number of hydrogen-bond acceptors (Lipinski definition) is 5. The third kappa shape index (κ3) is 2.86. The molecule has 1 saturated carbocycles. The van der Waals surface area contributed by atoms with Crippen LogP contribution in [-0.2, 0) is 10.2 Å². The van der Waals surface area contributed by atoms with Crippen LogP contribution >= 0.6 is 0 Å². The van der Waals surface area contributed by atoms with E-state index in [1.807, 2.05) is 6.07 Å². The van der Waals surface area contributed by atoms with Gasteiger partial charge in [0.1, 0.15) is 5.69 Å². The highest BCUT2D eigenvalue weighted by Crippen LogP contribution is 2.58. The summed E-state index contributed by atoms with van der Waals surface area (Å²) in [5.74, 6) is -0.543. The monoisotopic (exact) mass is 439 g/mol. The van der Waals surface area contributed by atoms with E-state index in [0.29, 0.717) is 18.0 Å². The van der Waals surface area contributed by atoms with Gasteiger partial charge in [0.15, 0.2) is 11.4 Å². The number of nitrogens with one attached hydrogen (secondary N) is 1. The molecule has 2 saturated heterocycles. The summed E-state index contributed by atoms with van der Waals surface area (Å²) >= 11 is 0. The van der Waals surface area contributed by atoms with Crippen LogP contribution in [0.3, 0.4) is 0 Å². The maximum atomic E-state index is 13.1. The predicted molar refractivity (Wildman–Crippen MR) is 110 cm³/mol. The van der Waals surface area contributed by atoms with Crippen LogP contribution in [0.15, 0.2) is 48.9 Å². The molecule has 6 heterocycles. The number of carbonyl (C=O) groups excluding carboxylic acids is 1. The number of nitrogens with zero attached hydrogens (tertiary/aromatic N) is 4. The topological polar surface area (TPSA) is 82.2 Å². The zero-order valence-electron chi connectivity index (χ0n) is 17.1. The van der Waals surface area contributed by atoms with E-state index in [0.717, 1.165) is 24.1 Å². The smallest absolute Gasteiger partial charge is 0.387 e. The average molecular weight is 439 g/mol. The summed E-state index contributed by atoms with van der Waals surface area (Å²) in [6.07, 6.45) is 6.71. The van der Waals surface area contributed by atoms with Gasteiger partial charge < -0.3 is 19.2 Å². The number of fused-ring (bicyclic) bond motifs is 3. The van der Waals surface area contributed by atoms with Gasteiger partial charge >= 0.3 is 6.61 Å². The second kappa shape index (κ2) is 6.49. The van der Waals surface area contributed by atoms with Crippen molar-refractivity contribution in [2.24, 2.45) is 0 Å². The van der Waals surface area contributed by atoms with E-state index < -0.39 is 12.5 Å². The lowest BCUT2D eigenvalue weighted by molar-refractivity contribution is -0.0491. The van der Waals surface area contributed by atoms with E-state index >= 15 is 0 Å². The molecule has 4 aromatic heterocycles. The average Bonchev–Trinajstić information content (AvgIpc) is 3.47. The van der Waals surface area contributed by atoms with Crippen LogP contribution in [0.1, 0.15) is 35.9 Å². The molecule has 4 aromatic rings. The van der Waals surface area contributed by atoms with Crippen molar-refractivity contribution in [2.75, 3.05) is 11.9 Å². The third-order valence-corrected chi connectivity index (χ3v) is 6.31. The standard InChI is InChI=1S/C22H19F2N5O3/c1-21-10-22(11-21,12-31-21)17-9-28-8-13(7-16(18(28)27-17)32-20(23)24)26-19(30)15-4-2-3-14-5-6-25-29(14)15/h2-9,20H,10-12H2,1H3,(H,26,30). The van der Waals surface area contributed by atoms with Crippen LogP contribution in [0.2, 0.25) is 0 Å². The summed E-state index contributed by atoms with van der Waals surface area (Å²) < 4.78 is 39.9. The van der Waals surface area contributed by atoms with Gasteiger partial charge in [-0.25, -0.2) is 9.50 Å². The second-order valence-electron chi connectivity index (χ2n) is 8.73. The van der Waals surface area contributed by atoms with Crippen LogP contribution in [0.4, 0.5) is 14.5 Å². The summed E-state index contributed by atoms with van der Waals surface area (Å²) in [6.45, 7) is -0.411. The Kier molecular flexibility index (Phi) is 3.89. The molecule has 10 heteroatoms. The Hall–Kier alpha value is -3.53. The van der Waals surface area contributed by atoms with Crippen molar-refractivity contribution in [1.82, 2.24) is 19.0 Å². The number of hydrogen-bond donors (Lipinski definition) is 1. The SMILES string of the molecule is CC12CC(c3cn4cc(NC(=O)c5cccc6ccnn56)cc(OC(F)F)c4n3)(CO1)C2. The lowest BCUT2D eigenvalue weighted by atomic mass is 9.62. The summed E-state index contributed by atoms with van der Waals surface area (Å²) in [6, 6.07) is 8.34. The molecule has 1 N–H and O–H groups in total. The minimum absolute atomic E-state index is 0.112. The molecule has 0 spiro atoms. The number of ether oxygens (including phenoxy) is 2. The Morgan fingerprint density at radius 2 is 2.12 bits per heavy atom. The molecule has 2 bridgehead atoms. The number of halogens is 2. The number of imidazole rings is 1. The van der Waals surface area contributed by atoms with Crippen molar-refractivity contribution in [3.8, 4) is 5.75 Å². The van der Waals surface area contributed by atoms with Crippen LogP contribution in [-0.4, -0.2) is 43.7 Å². The molecule has 1 aliphatic carbocycles. The van der Waals surface area contributed by atoms with Crippen molar-refractivity contribution in [2.45, 2.75) is 37.4 Å². The lowest BCUT2D eigenvalue weighted by Crippen LogP contribution is -2.45. The summed E-state index contributed by atoms with van der Waals surface area (Å²) in [5, 5.41) is 6.91. The van der Waals surface area contributed by atoms with Gasteiger partial charge in [0.05, 0.1) is 35.3 Å². The van der Waals surface area contributed by atoms with Crippen LogP contribution in [0, 0.1) is 0 Å². The van der Waals surface area contributed by atoms with Gasteiger partial charge in [-0.3, -0.25) is 4.79 Å². The predicted octanol–water partition coefficient (Wildman–Crippen LogP) is 3.66. The van der Waals surface area contributed by atoms with Crippen LogP contribution < -0.4 is 10.1 Å². The Balaban J connectivity index is 1.38. The molecule has 0 radical (unpaired) electrons. The first-order valence-corrected chi connectivity index (χ1v) is 10.2. The molecule has 0 unspecified atom stereocenters. The number of aromatic nitrogens is 4. The normalized spacial score (nSPS) is 24.2. The van der Waals surface area contributed by atoms with Gasteiger partial charge in [-0.05, 0) is 38.0 Å². The Bertz CT molecular complexity index is 1370. The molecular weight excluding hydrogens is 420 g/mol. The molecule has 164 valence electrons. The minimum atomic E-state index is -3.03. The van der Waals surface area contributed by atoms with Gasteiger partial charge in [0.25, 0.3) is 5.91 Å². The molecule has 3 fully saturated rings. The van der Waals surface area contributed by atoms with Gasteiger partial charge in [-0.15, -0.1) is 0 Å². The quantitative estimate of drug-likeness (QED) is 0.513. The molecular formula is C22H19F2N5O3. The molecule has 3 aliphatic rings. The maximum absolute atomic E-state index is 13.1. The number of anilines is 1. The molecule has 0 aromatic carbocycles. The van der Waals surface area contributed by atoms with E-state index in [9.17, 15) is 13.6 Å². The highest BCUT2D eigenvalue weighted by molar-refractivity contribution is 6.03. The van der Waals surface area contributed by atoms with E-state index in [-0.39, 0.29) is 22.4 Å². The van der Waals surface area contributed by atoms with E-state index in [4.69, 9.17) is 9.47 Å². The zero-order chi connectivity index (χ0) is 22.1. The van der Waals surface area contributed by atoms with Gasteiger partial charge in [-0.2, -0.15) is 13.9 Å². The highest BCUT2D eigenvalue weighted by Gasteiger charge is 2.61. The first kappa shape index (κ1) is 19.2. The third-order valence-electron chi connectivity index (χ3n) is 6.31. The molecule has 32 heavy (non-hydrogen) atoms. The zero-order valence-corrected chi connectivity index (χ0v) is 17.1. The molecule has 8 nitrogen and oxygen atoms in total. The van der Waals surface area contributed by atoms with Crippen molar-refractivity contribution in [3.05, 3.63) is 60.3 Å². The van der Waals surface area contributed by atoms with Crippen LogP contribution in [0.5, 0.6) is 5.75 Å². The first-order chi connectivity index (χ1) is 15.3. The fraction of sp³-hybridized carbons (Fsp3) is 0.318. The van der Waals surface area contributed by atoms with Crippen molar-refractivity contribution in [3.63, 3.8) is 0 Å². The van der Waals surface area contributed by atoms with Crippen molar-refractivity contribution < 1.29 is 23.0 Å². The molecule has 7 rings (SSSR count). The van der Waals surface area contributed by atoms with Crippen molar-refractivity contribution in [1.29, 1.82) is 0 Å². The summed E-state index contributed by atoms with van der Waals surface area (Å²) in [5.41, 5.74) is 2.07. The van der Waals surface area contributed by atoms with E-state index in [1.54, 1.807) is 41.2 Å². The second-order valence-corrected chi connectivity index (χ2v) is 8.73. The number of alkyl halides is 2. The Morgan fingerprint density at radius 1 is 1.28 bits per heavy atom. The largest absolute Gasteiger partial charge is 0.431 e. The number of carbonyl (C=O) groups is 1. The van der Waals surface area contributed by atoms with Gasteiger partial charge in [0.2, 0.25) is 0 Å². The van der Waals surface area contributed by atoms with Crippen molar-refractivity contribution >= 4 is 22.8 Å². The summed E-state index contributed by atoms with van der Waals surface area (Å²) in [4.78, 5) is 17.5. The number of pyridine rings is 2. The Labute approximate surface area is 180 Å². The van der Waals surface area contributed by atoms with Crippen LogP contribution in [0.25, 0.3) is 11.2 Å². The highest BCUT2D eigenvalue weighted by atomic mass is 19.3. The number of amides is 1. The summed E-state index contributed by atoms with van der Waals surface area (Å²) in [7, 11) is 0. The first-order valence-electron chi connectivity index (χ1n) is 10.2. The van der Waals surface area contributed by atoms with Gasteiger partial charge in [0, 0.05) is 23.9 Å². The molecule has 1 amide bonds. The lowest BCUT2D eigenvalue weighted by Gasteiger charge is -2.41. The molecule has 0 atom stereocenters. The Morgan fingerprint density at radius 3 is 2.88 bits per heavy atom. The maximum Gasteiger partial charge on any atom is 0.387 e. The van der Waals surface area contributed by atoms with E-state index in [2.05, 4.69) is 22.3 Å². The molecule has 2 aliphatic heterocycles. The van der Waals surface area contributed by atoms with Gasteiger partial charge in [-0.1, -0.05) is 6.07 Å². The fourth-order valence-electron chi connectivity index (χ4n) is 5.04.